The zero-order chi connectivity index (χ0) is 22.9. The van der Waals surface area contributed by atoms with E-state index in [1.807, 2.05) is 0 Å². The Kier molecular flexibility index (Phi) is 4.64. The molecule has 3 heterocycles. The summed E-state index contributed by atoms with van der Waals surface area (Å²) in [7, 11) is 0. The third kappa shape index (κ3) is 3.45. The second-order valence-electron chi connectivity index (χ2n) is 8.22. The maximum Gasteiger partial charge on any atom is 0.263 e. The Morgan fingerprint density at radius 3 is 2.73 bits per heavy atom. The summed E-state index contributed by atoms with van der Waals surface area (Å²) in [6, 6.07) is 7.69. The summed E-state index contributed by atoms with van der Waals surface area (Å²) in [5, 5.41) is 1.77. The lowest BCUT2D eigenvalue weighted by Gasteiger charge is -2.15. The number of fused-ring (bicyclic) bond motifs is 3. The third-order valence-corrected chi connectivity index (χ3v) is 7.17. The molecule has 1 saturated carbocycles. The van der Waals surface area contributed by atoms with E-state index in [0.717, 1.165) is 29.0 Å². The Hall–Kier alpha value is -3.10. The van der Waals surface area contributed by atoms with Gasteiger partial charge in [0.15, 0.2) is 17.5 Å². The van der Waals surface area contributed by atoms with Crippen molar-refractivity contribution in [3.05, 3.63) is 80.8 Å². The van der Waals surface area contributed by atoms with E-state index in [0.29, 0.717) is 38.0 Å². The molecule has 0 spiro atoms. The quantitative estimate of drug-likeness (QED) is 0.295. The highest BCUT2D eigenvalue weighted by molar-refractivity contribution is 7.25. The molecule has 0 atom stereocenters. The normalized spacial score (nSPS) is 13.9. The summed E-state index contributed by atoms with van der Waals surface area (Å²) in [5.74, 6) is -0.553. The van der Waals surface area contributed by atoms with Crippen LogP contribution in [0.5, 0.6) is 0 Å². The van der Waals surface area contributed by atoms with Crippen LogP contribution in [0.3, 0.4) is 0 Å². The van der Waals surface area contributed by atoms with Gasteiger partial charge in [0, 0.05) is 27.6 Å². The molecule has 0 saturated heterocycles. The van der Waals surface area contributed by atoms with Crippen LogP contribution in [0.2, 0.25) is 5.02 Å². The zero-order valence-electron chi connectivity index (χ0n) is 17.4. The number of halogens is 3. The van der Waals surface area contributed by atoms with E-state index in [2.05, 4.69) is 4.98 Å². The SMILES string of the molecule is Cc1ncc(Cn2c(-c3cc(F)c(F)cc3C3CC3)nc3sc4cc(Cl)ccc4c3c2=O)o1. The highest BCUT2D eigenvalue weighted by Gasteiger charge is 2.30. The maximum atomic E-state index is 14.4. The molecule has 2 aromatic carbocycles. The van der Waals surface area contributed by atoms with Gasteiger partial charge in [-0.05, 0) is 48.6 Å². The molecule has 33 heavy (non-hydrogen) atoms. The van der Waals surface area contributed by atoms with Crippen molar-refractivity contribution in [1.82, 2.24) is 14.5 Å². The predicted octanol–water partition coefficient (Wildman–Crippen LogP) is 6.43. The van der Waals surface area contributed by atoms with Crippen molar-refractivity contribution >= 4 is 43.2 Å². The van der Waals surface area contributed by atoms with Crippen LogP contribution in [0.4, 0.5) is 8.78 Å². The van der Waals surface area contributed by atoms with E-state index in [9.17, 15) is 13.6 Å². The van der Waals surface area contributed by atoms with Crippen molar-refractivity contribution in [3.8, 4) is 11.4 Å². The Labute approximate surface area is 195 Å². The summed E-state index contributed by atoms with van der Waals surface area (Å²) in [6.45, 7) is 1.78. The molecule has 166 valence electrons. The first-order valence-corrected chi connectivity index (χ1v) is 11.6. The minimum absolute atomic E-state index is 0.0615. The zero-order valence-corrected chi connectivity index (χ0v) is 18.9. The Balaban J connectivity index is 1.68. The fourth-order valence-electron chi connectivity index (χ4n) is 4.21. The van der Waals surface area contributed by atoms with Crippen LogP contribution >= 0.6 is 22.9 Å². The van der Waals surface area contributed by atoms with Crippen molar-refractivity contribution in [2.75, 3.05) is 0 Å². The van der Waals surface area contributed by atoms with Gasteiger partial charge in [0.25, 0.3) is 5.56 Å². The molecule has 6 rings (SSSR count). The molecule has 0 bridgehead atoms. The number of rotatable bonds is 4. The lowest BCUT2D eigenvalue weighted by molar-refractivity contribution is 0.460. The monoisotopic (exact) mass is 483 g/mol. The maximum absolute atomic E-state index is 14.4. The third-order valence-electron chi connectivity index (χ3n) is 5.89. The molecular formula is C24H16ClF2N3O2S. The standard InChI is InChI=1S/C24H16ClF2N3O2S/c1-11-28-9-14(32-11)10-30-22(17-8-19(27)18(26)7-16(17)12-2-3-12)29-23-21(24(30)31)15-5-4-13(25)6-20(15)33-23/h4-9,12H,2-3,10H2,1H3. The van der Waals surface area contributed by atoms with E-state index in [-0.39, 0.29) is 23.8 Å². The average molecular weight is 484 g/mol. The molecule has 3 aromatic heterocycles. The van der Waals surface area contributed by atoms with Gasteiger partial charge >= 0.3 is 0 Å². The number of hydrogen-bond donors (Lipinski definition) is 0. The molecule has 9 heteroatoms. The molecule has 1 aliphatic carbocycles. The highest BCUT2D eigenvalue weighted by atomic mass is 35.5. The number of nitrogens with zero attached hydrogens (tertiary/aromatic N) is 3. The molecule has 1 fully saturated rings. The van der Waals surface area contributed by atoms with Gasteiger partial charge in [-0.2, -0.15) is 0 Å². The number of oxazole rings is 1. The number of thiophene rings is 1. The predicted molar refractivity (Wildman–Crippen MR) is 124 cm³/mol. The van der Waals surface area contributed by atoms with Crippen molar-refractivity contribution in [1.29, 1.82) is 0 Å². The lowest BCUT2D eigenvalue weighted by atomic mass is 10.0. The second kappa shape index (κ2) is 7.46. The van der Waals surface area contributed by atoms with E-state index >= 15 is 0 Å². The van der Waals surface area contributed by atoms with E-state index in [4.69, 9.17) is 21.0 Å². The topological polar surface area (TPSA) is 60.9 Å². The van der Waals surface area contributed by atoms with Gasteiger partial charge < -0.3 is 4.42 Å². The van der Waals surface area contributed by atoms with Crippen molar-refractivity contribution < 1.29 is 13.2 Å². The fourth-order valence-corrected chi connectivity index (χ4v) is 5.55. The molecule has 0 unspecified atom stereocenters. The Bertz CT molecular complexity index is 1630. The Morgan fingerprint density at radius 1 is 1.21 bits per heavy atom. The van der Waals surface area contributed by atoms with Crippen LogP contribution in [0.1, 0.15) is 36.0 Å². The van der Waals surface area contributed by atoms with Crippen LogP contribution in [0.25, 0.3) is 31.7 Å². The van der Waals surface area contributed by atoms with Crippen LogP contribution in [-0.4, -0.2) is 14.5 Å². The van der Waals surface area contributed by atoms with Crippen LogP contribution in [-0.2, 0) is 6.54 Å². The van der Waals surface area contributed by atoms with E-state index in [1.54, 1.807) is 31.3 Å². The minimum atomic E-state index is -0.978. The molecule has 0 radical (unpaired) electrons. The van der Waals surface area contributed by atoms with Gasteiger partial charge in [-0.1, -0.05) is 17.7 Å². The summed E-state index contributed by atoms with van der Waals surface area (Å²) in [6.07, 6.45) is 3.31. The molecule has 0 amide bonds. The Morgan fingerprint density at radius 2 is 2.00 bits per heavy atom. The molecule has 5 nitrogen and oxygen atoms in total. The minimum Gasteiger partial charge on any atom is -0.444 e. The molecule has 0 N–H and O–H groups in total. The first-order valence-electron chi connectivity index (χ1n) is 10.4. The molecule has 0 aliphatic heterocycles. The van der Waals surface area contributed by atoms with E-state index < -0.39 is 11.6 Å². The largest absolute Gasteiger partial charge is 0.444 e. The number of aromatic nitrogens is 3. The fraction of sp³-hybridized carbons (Fsp3) is 0.208. The van der Waals surface area contributed by atoms with E-state index in [1.165, 1.54) is 22.0 Å². The van der Waals surface area contributed by atoms with Crippen LogP contribution in [0, 0.1) is 18.6 Å². The first-order chi connectivity index (χ1) is 15.9. The van der Waals surface area contributed by atoms with Crippen LogP contribution in [0.15, 0.2) is 45.7 Å². The summed E-state index contributed by atoms with van der Waals surface area (Å²) < 4.78 is 36.4. The lowest BCUT2D eigenvalue weighted by Crippen LogP contribution is -2.24. The molecule has 1 aliphatic rings. The van der Waals surface area contributed by atoms with Gasteiger partial charge in [-0.15, -0.1) is 11.3 Å². The number of aryl methyl sites for hydroxylation is 1. The van der Waals surface area contributed by atoms with Crippen molar-refractivity contribution in [3.63, 3.8) is 0 Å². The van der Waals surface area contributed by atoms with Gasteiger partial charge in [0.1, 0.15) is 16.4 Å². The van der Waals surface area contributed by atoms with Crippen molar-refractivity contribution in [2.45, 2.75) is 32.2 Å². The highest BCUT2D eigenvalue weighted by Crippen LogP contribution is 2.45. The summed E-state index contributed by atoms with van der Waals surface area (Å²) in [5.41, 5.74) is 0.790. The summed E-state index contributed by atoms with van der Waals surface area (Å²) >= 11 is 7.50. The number of hydrogen-bond acceptors (Lipinski definition) is 5. The van der Waals surface area contributed by atoms with Gasteiger partial charge in [-0.3, -0.25) is 9.36 Å². The van der Waals surface area contributed by atoms with Gasteiger partial charge in [-0.25, -0.2) is 18.7 Å². The smallest absolute Gasteiger partial charge is 0.263 e. The second-order valence-corrected chi connectivity index (χ2v) is 9.69. The molecule has 5 aromatic rings. The first kappa shape index (κ1) is 20.5. The van der Waals surface area contributed by atoms with Gasteiger partial charge in [0.2, 0.25) is 0 Å². The summed E-state index contributed by atoms with van der Waals surface area (Å²) in [4.78, 5) is 23.2. The van der Waals surface area contributed by atoms with Crippen LogP contribution < -0.4 is 5.56 Å². The van der Waals surface area contributed by atoms with Gasteiger partial charge in [0.05, 0.1) is 18.1 Å². The molecular weight excluding hydrogens is 468 g/mol. The average Bonchev–Trinajstić information content (AvgIpc) is 3.44. The van der Waals surface area contributed by atoms with Crippen molar-refractivity contribution in [2.24, 2.45) is 0 Å². The number of benzene rings is 2.